The van der Waals surface area contributed by atoms with Crippen molar-refractivity contribution >= 4 is 117 Å². The SMILES string of the molecule is CN(CCN(C)C(=O)Oc1cc2c(c3ccccc13)[C@H](CCl)CN2C(=O)c1ccc(C(=O)N2C[C@@H](CCl)c3c2cc(OP(=O)(O)O)c2ccccc32)s1)C(=O)OCc1ccc(NC(=O)[C@H](CCCN)NC(N)=O)cc1. The normalized spacial score (nSPS) is 15.2. The van der Waals surface area contributed by atoms with Gasteiger partial charge in [0.2, 0.25) is 5.91 Å². The van der Waals surface area contributed by atoms with Gasteiger partial charge in [0.05, 0.1) is 21.1 Å². The number of phosphoric acid groups is 1. The summed E-state index contributed by atoms with van der Waals surface area (Å²) in [4.78, 5) is 105. The average Bonchev–Trinajstić information content (AvgIpc) is 4.14. The van der Waals surface area contributed by atoms with Gasteiger partial charge in [-0.3, -0.25) is 24.2 Å². The number of phosphoric ester groups is 1. The van der Waals surface area contributed by atoms with Crippen molar-refractivity contribution in [3.8, 4) is 11.5 Å². The number of hydrogen-bond acceptors (Lipinski definition) is 12. The molecule has 0 aliphatic carbocycles. The van der Waals surface area contributed by atoms with Gasteiger partial charge >= 0.3 is 26.0 Å². The highest BCUT2D eigenvalue weighted by Crippen LogP contribution is 2.50. The predicted octanol–water partition coefficient (Wildman–Crippen LogP) is 7.91. The smallest absolute Gasteiger partial charge is 0.445 e. The first-order chi connectivity index (χ1) is 35.9. The van der Waals surface area contributed by atoms with Crippen molar-refractivity contribution in [2.24, 2.45) is 11.5 Å². The Bertz CT molecular complexity index is 3230. The van der Waals surface area contributed by atoms with Gasteiger partial charge in [-0.25, -0.2) is 18.9 Å². The molecule has 0 saturated carbocycles. The van der Waals surface area contributed by atoms with E-state index in [4.69, 9.17) is 48.7 Å². The summed E-state index contributed by atoms with van der Waals surface area (Å²) in [5.74, 6) is -1.51. The largest absolute Gasteiger partial charge is 0.524 e. The molecule has 3 atom stereocenters. The average molecular weight is 1100 g/mol. The molecule has 0 unspecified atom stereocenters. The minimum absolute atomic E-state index is 0.0609. The highest BCUT2D eigenvalue weighted by atomic mass is 35.5. The number of benzene rings is 5. The second kappa shape index (κ2) is 23.3. The van der Waals surface area contributed by atoms with E-state index in [1.807, 2.05) is 12.1 Å². The molecule has 20 nitrogen and oxygen atoms in total. The standard InChI is InChI=1S/C51H53Cl2N8O12PS/c1-58(50(66)71-28-29-13-15-32(16-14-29)56-46(62)37(12-7-19-54)57-49(55)65)20-21-59(2)51(67)72-40-22-38-44(35-10-5-3-8-33(35)40)30(24-52)26-60(38)47(63)42-17-18-43(75-42)48(64)61-27-31(25-53)45-36-11-6-4-9-34(36)41(23-39(45)61)73-74(68,69)70/h3-6,8-11,13-18,22-23,30-31,37H,7,12,19-21,24-28,54H2,1-2H3,(H,56,62)(H3,55,57,65)(H2,68,69,70)/t30-,31-,37+/m1/s1. The highest BCUT2D eigenvalue weighted by Gasteiger charge is 2.39. The van der Waals surface area contributed by atoms with E-state index in [-0.39, 0.29) is 77.6 Å². The van der Waals surface area contributed by atoms with E-state index in [2.05, 4.69) is 10.6 Å². The zero-order chi connectivity index (χ0) is 53.7. The van der Waals surface area contributed by atoms with Gasteiger partial charge in [-0.1, -0.05) is 60.7 Å². The molecular formula is C51H53Cl2N8O12PS. The third-order valence-corrected chi connectivity index (χ3v) is 15.1. The first kappa shape index (κ1) is 54.3. The second-order valence-corrected chi connectivity index (χ2v) is 20.8. The molecule has 3 heterocycles. The summed E-state index contributed by atoms with van der Waals surface area (Å²) in [5, 5.41) is 7.55. The molecule has 7 amide bonds. The van der Waals surface area contributed by atoms with E-state index in [1.54, 1.807) is 83.8 Å². The number of carbonyl (C=O) groups is 6. The van der Waals surface area contributed by atoms with Crippen molar-refractivity contribution in [2.75, 3.05) is 73.7 Å². The van der Waals surface area contributed by atoms with Crippen LogP contribution in [0.15, 0.2) is 97.1 Å². The molecule has 0 bridgehead atoms. The number of likely N-dealkylation sites (N-methyl/N-ethyl adjacent to an activating group) is 2. The van der Waals surface area contributed by atoms with Crippen LogP contribution in [0, 0.1) is 0 Å². The minimum atomic E-state index is -4.98. The maximum atomic E-state index is 14.6. The fourth-order valence-electron chi connectivity index (χ4n) is 9.17. The van der Waals surface area contributed by atoms with Crippen molar-refractivity contribution < 1.29 is 57.1 Å². The molecule has 394 valence electrons. The molecule has 0 radical (unpaired) electrons. The molecule has 1 aromatic heterocycles. The van der Waals surface area contributed by atoms with Crippen LogP contribution in [-0.2, 0) is 20.7 Å². The lowest BCUT2D eigenvalue weighted by Gasteiger charge is -2.23. The van der Waals surface area contributed by atoms with Crippen LogP contribution < -0.4 is 41.2 Å². The fourth-order valence-corrected chi connectivity index (χ4v) is 11.0. The van der Waals surface area contributed by atoms with Gasteiger partial charge in [-0.05, 0) is 71.1 Å². The first-order valence-corrected chi connectivity index (χ1v) is 27.0. The summed E-state index contributed by atoms with van der Waals surface area (Å²) >= 11 is 14.0. The number of primary amides is 1. The van der Waals surface area contributed by atoms with E-state index in [9.17, 15) is 43.1 Å². The van der Waals surface area contributed by atoms with Crippen LogP contribution in [0.1, 0.15) is 60.7 Å². The van der Waals surface area contributed by atoms with Crippen molar-refractivity contribution in [2.45, 2.75) is 37.3 Å². The quantitative estimate of drug-likeness (QED) is 0.0353. The van der Waals surface area contributed by atoms with Crippen LogP contribution in [0.4, 0.5) is 31.4 Å². The predicted molar refractivity (Wildman–Crippen MR) is 286 cm³/mol. The lowest BCUT2D eigenvalue weighted by atomic mass is 9.95. The van der Waals surface area contributed by atoms with E-state index < -0.39 is 49.8 Å². The molecule has 5 aromatic carbocycles. The van der Waals surface area contributed by atoms with Gasteiger partial charge in [0.15, 0.2) is 0 Å². The number of fused-ring (bicyclic) bond motifs is 6. The van der Waals surface area contributed by atoms with Crippen molar-refractivity contribution in [1.82, 2.24) is 15.1 Å². The van der Waals surface area contributed by atoms with E-state index in [1.165, 1.54) is 34.9 Å². The third-order valence-electron chi connectivity index (χ3n) is 12.9. The Balaban J connectivity index is 0.923. The Labute approximate surface area is 444 Å². The van der Waals surface area contributed by atoms with E-state index >= 15 is 0 Å². The molecule has 24 heteroatoms. The van der Waals surface area contributed by atoms with Crippen LogP contribution in [0.5, 0.6) is 11.5 Å². The van der Waals surface area contributed by atoms with Crippen LogP contribution in [0.25, 0.3) is 21.5 Å². The van der Waals surface area contributed by atoms with Gasteiger partial charge in [0.1, 0.15) is 24.1 Å². The minimum Gasteiger partial charge on any atom is -0.445 e. The summed E-state index contributed by atoms with van der Waals surface area (Å²) in [7, 11) is -1.94. The second-order valence-electron chi connectivity index (χ2n) is 17.9. The van der Waals surface area contributed by atoms with Crippen molar-refractivity contribution in [3.05, 3.63) is 124 Å². The molecule has 2 aliphatic rings. The fraction of sp³-hybridized carbons (Fsp3) is 0.294. The van der Waals surface area contributed by atoms with Gasteiger partial charge in [0, 0.05) is 92.5 Å². The van der Waals surface area contributed by atoms with Gasteiger partial charge in [0.25, 0.3) is 11.8 Å². The van der Waals surface area contributed by atoms with Crippen LogP contribution in [0.3, 0.4) is 0 Å². The molecular weight excluding hydrogens is 1050 g/mol. The summed E-state index contributed by atoms with van der Waals surface area (Å²) in [6, 6.07) is 25.3. The summed E-state index contributed by atoms with van der Waals surface area (Å²) < 4.78 is 28.6. The molecule has 0 spiro atoms. The molecule has 0 fully saturated rings. The molecule has 8 rings (SSSR count). The Morgan fingerprint density at radius 2 is 1.27 bits per heavy atom. The lowest BCUT2D eigenvalue weighted by molar-refractivity contribution is -0.118. The molecule has 2 aliphatic heterocycles. The lowest BCUT2D eigenvalue weighted by Crippen LogP contribution is -2.46. The number of halogens is 2. The number of carbonyl (C=O) groups excluding carboxylic acids is 6. The Morgan fingerprint density at radius 1 is 0.760 bits per heavy atom. The first-order valence-electron chi connectivity index (χ1n) is 23.6. The topological polar surface area (TPSA) is 277 Å². The Kier molecular flexibility index (Phi) is 16.9. The van der Waals surface area contributed by atoms with Gasteiger partial charge in [-0.15, -0.1) is 34.5 Å². The van der Waals surface area contributed by atoms with Crippen LogP contribution in [-0.4, -0.2) is 120 Å². The summed E-state index contributed by atoms with van der Waals surface area (Å²) in [6.45, 7) is 0.771. The number of amides is 7. The monoisotopic (exact) mass is 1100 g/mol. The number of nitrogens with zero attached hydrogens (tertiary/aromatic N) is 4. The number of urea groups is 1. The molecule has 75 heavy (non-hydrogen) atoms. The zero-order valence-corrected chi connectivity index (χ0v) is 43.8. The van der Waals surface area contributed by atoms with E-state index in [0.29, 0.717) is 58.2 Å². The Morgan fingerprint density at radius 3 is 1.77 bits per heavy atom. The van der Waals surface area contributed by atoms with Gasteiger partial charge < -0.3 is 55.7 Å². The number of anilines is 3. The number of nitrogens with two attached hydrogens (primary N) is 2. The maximum Gasteiger partial charge on any atom is 0.524 e. The molecule has 0 saturated heterocycles. The number of rotatable bonds is 18. The van der Waals surface area contributed by atoms with Gasteiger partial charge in [-0.2, -0.15) is 0 Å². The highest BCUT2D eigenvalue weighted by molar-refractivity contribution is 7.46. The van der Waals surface area contributed by atoms with E-state index in [0.717, 1.165) is 27.8 Å². The third kappa shape index (κ3) is 12.1. The van der Waals surface area contributed by atoms with Crippen molar-refractivity contribution in [1.29, 1.82) is 0 Å². The Hall–Kier alpha value is -6.97. The van der Waals surface area contributed by atoms with Crippen LogP contribution in [0.2, 0.25) is 0 Å². The number of thiophene rings is 1. The molecule has 8 N–H and O–H groups in total. The zero-order valence-electron chi connectivity index (χ0n) is 40.6. The maximum absolute atomic E-state index is 14.6. The molecule has 6 aromatic rings. The summed E-state index contributed by atoms with van der Waals surface area (Å²) in [6.07, 6.45) is -0.575. The number of alkyl halides is 2. The summed E-state index contributed by atoms with van der Waals surface area (Å²) in [5.41, 5.74) is 14.2. The van der Waals surface area contributed by atoms with Crippen LogP contribution >= 0.6 is 42.4 Å². The van der Waals surface area contributed by atoms with Crippen molar-refractivity contribution in [3.63, 3.8) is 0 Å². The number of hydrogen-bond donors (Lipinski definition) is 6. The number of nitrogens with one attached hydrogen (secondary N) is 2. The number of ether oxygens (including phenoxy) is 2.